The molecular formula is C22H25IN2S2. The summed E-state index contributed by atoms with van der Waals surface area (Å²) < 4.78 is 2.47. The van der Waals surface area contributed by atoms with Gasteiger partial charge in [0.2, 0.25) is 0 Å². The molecule has 2 heterocycles. The first-order chi connectivity index (χ1) is 12.8. The van der Waals surface area contributed by atoms with Crippen LogP contribution in [0.4, 0.5) is 5.13 Å². The lowest BCUT2D eigenvalue weighted by Gasteiger charge is -2.21. The Morgan fingerprint density at radius 1 is 0.926 bits per heavy atom. The molecule has 1 aromatic heterocycles. The molecule has 4 rings (SSSR count). The number of piperidine rings is 1. The van der Waals surface area contributed by atoms with Crippen LogP contribution in [-0.4, -0.2) is 19.3 Å². The van der Waals surface area contributed by atoms with Gasteiger partial charge in [0.1, 0.15) is 5.69 Å². The van der Waals surface area contributed by atoms with Crippen LogP contribution in [-0.2, 0) is 0 Å². The summed E-state index contributed by atoms with van der Waals surface area (Å²) in [7, 11) is 0. The summed E-state index contributed by atoms with van der Waals surface area (Å²) in [5.41, 5.74) is 3.88. The van der Waals surface area contributed by atoms with Gasteiger partial charge in [-0.25, -0.2) is 0 Å². The van der Waals surface area contributed by atoms with Gasteiger partial charge in [-0.3, -0.25) is 4.90 Å². The standard InChI is InChI=1S/C22H25N2S2.HI/c1-17-11-13-18(14-12-17)20-21(25-2)24(19-9-5-3-6-10-19)22(26-20)23-15-7-4-8-16-23;/h3,5-6,9-14H,4,7-8,15-16H2,1-2H3;1H/q+1;/p-1. The normalized spacial score (nSPS) is 14.1. The van der Waals surface area contributed by atoms with Gasteiger partial charge in [0.05, 0.1) is 18.0 Å². The van der Waals surface area contributed by atoms with Gasteiger partial charge >= 0.3 is 5.13 Å². The summed E-state index contributed by atoms with van der Waals surface area (Å²) in [4.78, 5) is 3.96. The van der Waals surface area contributed by atoms with E-state index in [0.717, 1.165) is 13.1 Å². The van der Waals surface area contributed by atoms with Crippen molar-refractivity contribution in [3.63, 3.8) is 0 Å². The summed E-state index contributed by atoms with van der Waals surface area (Å²) in [6.07, 6.45) is 6.13. The summed E-state index contributed by atoms with van der Waals surface area (Å²) in [5.74, 6) is 0. The van der Waals surface area contributed by atoms with E-state index in [1.807, 2.05) is 23.1 Å². The van der Waals surface area contributed by atoms with Gasteiger partial charge in [-0.15, -0.1) is 0 Å². The molecule has 2 nitrogen and oxygen atoms in total. The number of thiazole rings is 1. The molecule has 0 bridgehead atoms. The van der Waals surface area contributed by atoms with E-state index in [1.54, 1.807) is 0 Å². The second-order valence-electron chi connectivity index (χ2n) is 6.81. The van der Waals surface area contributed by atoms with E-state index < -0.39 is 0 Å². The van der Waals surface area contributed by atoms with Crippen molar-refractivity contribution in [1.29, 1.82) is 0 Å². The Balaban J connectivity index is 0.00000210. The minimum absolute atomic E-state index is 0. The van der Waals surface area contributed by atoms with Gasteiger partial charge in [-0.05, 0) is 61.5 Å². The zero-order chi connectivity index (χ0) is 17.9. The predicted octanol–water partition coefficient (Wildman–Crippen LogP) is 2.72. The molecule has 3 aromatic rings. The van der Waals surface area contributed by atoms with Crippen LogP contribution in [0.2, 0.25) is 0 Å². The lowest BCUT2D eigenvalue weighted by molar-refractivity contribution is -0.617. The smallest absolute Gasteiger partial charge is 0.342 e. The second-order valence-corrected chi connectivity index (χ2v) is 8.58. The monoisotopic (exact) mass is 508 g/mol. The topological polar surface area (TPSA) is 7.12 Å². The van der Waals surface area contributed by atoms with Crippen molar-refractivity contribution < 1.29 is 28.5 Å². The fourth-order valence-corrected chi connectivity index (χ4v) is 5.86. The maximum Gasteiger partial charge on any atom is 0.342 e. The first-order valence-corrected chi connectivity index (χ1v) is 11.3. The number of benzene rings is 2. The average Bonchev–Trinajstić information content (AvgIpc) is 3.09. The molecule has 0 amide bonds. The van der Waals surface area contributed by atoms with Crippen molar-refractivity contribution in [2.24, 2.45) is 0 Å². The van der Waals surface area contributed by atoms with E-state index in [4.69, 9.17) is 0 Å². The maximum atomic E-state index is 2.58. The van der Waals surface area contributed by atoms with Crippen molar-refractivity contribution in [2.45, 2.75) is 31.2 Å². The second kappa shape index (κ2) is 9.43. The molecule has 1 fully saturated rings. The van der Waals surface area contributed by atoms with Crippen molar-refractivity contribution in [3.05, 3.63) is 60.2 Å². The molecule has 27 heavy (non-hydrogen) atoms. The molecule has 2 aromatic carbocycles. The molecule has 0 unspecified atom stereocenters. The third-order valence-electron chi connectivity index (χ3n) is 4.93. The van der Waals surface area contributed by atoms with E-state index in [1.165, 1.54) is 51.1 Å². The Morgan fingerprint density at radius 2 is 1.59 bits per heavy atom. The van der Waals surface area contributed by atoms with Crippen LogP contribution in [0, 0.1) is 6.92 Å². The Kier molecular flexibility index (Phi) is 7.22. The molecule has 0 N–H and O–H groups in total. The molecule has 1 aliphatic heterocycles. The number of hydrogen-bond acceptors (Lipinski definition) is 3. The summed E-state index contributed by atoms with van der Waals surface area (Å²) in [5, 5.41) is 2.71. The highest BCUT2D eigenvalue weighted by Gasteiger charge is 2.31. The molecule has 0 atom stereocenters. The summed E-state index contributed by atoms with van der Waals surface area (Å²) in [6, 6.07) is 19.8. The number of halogens is 1. The number of para-hydroxylation sites is 1. The lowest BCUT2D eigenvalue weighted by atomic mass is 10.1. The molecule has 1 aliphatic rings. The fourth-order valence-electron chi connectivity index (χ4n) is 3.54. The molecule has 0 saturated carbocycles. The molecule has 0 radical (unpaired) electrons. The first-order valence-electron chi connectivity index (χ1n) is 9.28. The van der Waals surface area contributed by atoms with E-state index in [0.29, 0.717) is 0 Å². The highest BCUT2D eigenvalue weighted by Crippen LogP contribution is 2.39. The molecule has 0 aliphatic carbocycles. The van der Waals surface area contributed by atoms with E-state index >= 15 is 0 Å². The van der Waals surface area contributed by atoms with E-state index in [9.17, 15) is 0 Å². The van der Waals surface area contributed by atoms with E-state index in [2.05, 4.69) is 77.2 Å². The first kappa shape index (κ1) is 20.7. The van der Waals surface area contributed by atoms with Crippen molar-refractivity contribution in [3.8, 4) is 16.1 Å². The third-order valence-corrected chi connectivity index (χ3v) is 7.09. The maximum absolute atomic E-state index is 2.58. The number of aryl methyl sites for hydroxylation is 1. The number of aromatic nitrogens is 1. The van der Waals surface area contributed by atoms with Crippen molar-refractivity contribution in [1.82, 2.24) is 0 Å². The number of thioether (sulfide) groups is 1. The Hall–Kier alpha value is -1.05. The molecule has 0 spiro atoms. The van der Waals surface area contributed by atoms with E-state index in [-0.39, 0.29) is 24.0 Å². The predicted molar refractivity (Wildman–Crippen MR) is 114 cm³/mol. The zero-order valence-corrected chi connectivity index (χ0v) is 19.6. The minimum atomic E-state index is 0. The quantitative estimate of drug-likeness (QED) is 0.304. The van der Waals surface area contributed by atoms with Gasteiger partial charge < -0.3 is 24.0 Å². The molecule has 142 valence electrons. The molecule has 5 heteroatoms. The zero-order valence-electron chi connectivity index (χ0n) is 15.8. The molecule has 1 saturated heterocycles. The van der Waals surface area contributed by atoms with Crippen molar-refractivity contribution in [2.75, 3.05) is 24.2 Å². The largest absolute Gasteiger partial charge is 1.00 e. The number of nitrogens with zero attached hydrogens (tertiary/aromatic N) is 2. The Labute approximate surface area is 187 Å². The van der Waals surface area contributed by atoms with Crippen LogP contribution in [0.1, 0.15) is 24.8 Å². The van der Waals surface area contributed by atoms with Gasteiger partial charge in [0.25, 0.3) is 0 Å². The van der Waals surface area contributed by atoms with Crippen LogP contribution < -0.4 is 33.4 Å². The fraction of sp³-hybridized carbons (Fsp3) is 0.318. The highest BCUT2D eigenvalue weighted by molar-refractivity contribution is 7.98. The summed E-state index contributed by atoms with van der Waals surface area (Å²) >= 11 is 3.79. The lowest BCUT2D eigenvalue weighted by Crippen LogP contribution is -3.00. The van der Waals surface area contributed by atoms with Crippen LogP contribution in [0.3, 0.4) is 0 Å². The SMILES string of the molecule is CSc1c(-c2ccc(C)cc2)sc(N2CCCCC2)[n+]1-c1ccccc1.[I-]. The highest BCUT2D eigenvalue weighted by atomic mass is 127. The molecular weight excluding hydrogens is 483 g/mol. The van der Waals surface area contributed by atoms with Gasteiger partial charge in [0.15, 0.2) is 5.03 Å². The number of hydrogen-bond donors (Lipinski definition) is 0. The van der Waals surface area contributed by atoms with Gasteiger partial charge in [-0.1, -0.05) is 59.8 Å². The van der Waals surface area contributed by atoms with Gasteiger partial charge in [-0.2, -0.15) is 4.57 Å². The Bertz CT molecular complexity index is 869. The average molecular weight is 508 g/mol. The minimum Gasteiger partial charge on any atom is -1.00 e. The van der Waals surface area contributed by atoms with Crippen molar-refractivity contribution >= 4 is 28.2 Å². The van der Waals surface area contributed by atoms with Gasteiger partial charge in [0, 0.05) is 0 Å². The van der Waals surface area contributed by atoms with Crippen LogP contribution >= 0.6 is 23.1 Å². The third kappa shape index (κ3) is 4.35. The van der Waals surface area contributed by atoms with Crippen LogP contribution in [0.25, 0.3) is 16.1 Å². The summed E-state index contributed by atoms with van der Waals surface area (Å²) in [6.45, 7) is 4.47. The number of anilines is 1. The van der Waals surface area contributed by atoms with Crippen LogP contribution in [0.15, 0.2) is 59.6 Å². The Morgan fingerprint density at radius 3 is 2.22 bits per heavy atom. The van der Waals surface area contributed by atoms with Crippen LogP contribution in [0.5, 0.6) is 0 Å². The number of rotatable bonds is 4.